The Labute approximate surface area is 97.1 Å². The SMILES string of the molecule is Cc1cnc(NCC(C)N(C)C2CC2)nc1. The summed E-state index contributed by atoms with van der Waals surface area (Å²) in [5.41, 5.74) is 1.09. The molecule has 1 heterocycles. The number of hydrogen-bond donors (Lipinski definition) is 1. The van der Waals surface area contributed by atoms with Crippen LogP contribution in [0.25, 0.3) is 0 Å². The zero-order valence-electron chi connectivity index (χ0n) is 10.3. The van der Waals surface area contributed by atoms with E-state index < -0.39 is 0 Å². The van der Waals surface area contributed by atoms with Crippen molar-refractivity contribution < 1.29 is 0 Å². The van der Waals surface area contributed by atoms with Gasteiger partial charge in [0.15, 0.2) is 0 Å². The van der Waals surface area contributed by atoms with E-state index in [2.05, 4.69) is 34.2 Å². The van der Waals surface area contributed by atoms with Gasteiger partial charge in [0.2, 0.25) is 5.95 Å². The van der Waals surface area contributed by atoms with E-state index in [4.69, 9.17) is 0 Å². The zero-order valence-corrected chi connectivity index (χ0v) is 10.3. The van der Waals surface area contributed by atoms with Gasteiger partial charge in [-0.2, -0.15) is 0 Å². The highest BCUT2D eigenvalue weighted by Crippen LogP contribution is 2.26. The molecule has 1 aliphatic rings. The van der Waals surface area contributed by atoms with Gasteiger partial charge in [0.1, 0.15) is 0 Å². The molecule has 4 heteroatoms. The Bertz CT molecular complexity index is 331. The van der Waals surface area contributed by atoms with Crippen LogP contribution < -0.4 is 5.32 Å². The van der Waals surface area contributed by atoms with Crippen LogP contribution in [0.15, 0.2) is 12.4 Å². The highest BCUT2D eigenvalue weighted by molar-refractivity contribution is 5.24. The quantitative estimate of drug-likeness (QED) is 0.819. The van der Waals surface area contributed by atoms with Gasteiger partial charge in [0.05, 0.1) is 0 Å². The first-order valence-corrected chi connectivity index (χ1v) is 5.91. The summed E-state index contributed by atoms with van der Waals surface area (Å²) in [6, 6.07) is 1.33. The second-order valence-electron chi connectivity index (χ2n) is 4.71. The van der Waals surface area contributed by atoms with E-state index in [1.807, 2.05) is 19.3 Å². The molecular formula is C12H20N4. The molecule has 1 N–H and O–H groups in total. The summed E-state index contributed by atoms with van der Waals surface area (Å²) in [6.45, 7) is 5.13. The lowest BCUT2D eigenvalue weighted by molar-refractivity contribution is 0.257. The van der Waals surface area contributed by atoms with Crippen molar-refractivity contribution in [3.05, 3.63) is 18.0 Å². The molecular weight excluding hydrogens is 200 g/mol. The van der Waals surface area contributed by atoms with E-state index in [9.17, 15) is 0 Å². The average Bonchev–Trinajstić information content (AvgIpc) is 3.11. The van der Waals surface area contributed by atoms with Gasteiger partial charge < -0.3 is 5.32 Å². The molecule has 0 bridgehead atoms. The number of likely N-dealkylation sites (N-methyl/N-ethyl adjacent to an activating group) is 1. The summed E-state index contributed by atoms with van der Waals surface area (Å²) in [5.74, 6) is 0.724. The maximum atomic E-state index is 4.23. The Morgan fingerprint density at radius 1 is 1.44 bits per heavy atom. The molecule has 1 fully saturated rings. The topological polar surface area (TPSA) is 41.1 Å². The first-order valence-electron chi connectivity index (χ1n) is 5.91. The number of rotatable bonds is 5. The van der Waals surface area contributed by atoms with Crippen molar-refractivity contribution in [1.82, 2.24) is 14.9 Å². The maximum absolute atomic E-state index is 4.23. The number of aromatic nitrogens is 2. The predicted octanol–water partition coefficient (Wildman–Crippen LogP) is 1.68. The molecule has 4 nitrogen and oxygen atoms in total. The number of nitrogens with one attached hydrogen (secondary N) is 1. The Balaban J connectivity index is 1.79. The largest absolute Gasteiger partial charge is 0.353 e. The molecule has 1 unspecified atom stereocenters. The molecule has 1 aromatic heterocycles. The first-order chi connectivity index (χ1) is 7.66. The smallest absolute Gasteiger partial charge is 0.222 e. The van der Waals surface area contributed by atoms with Crippen molar-refractivity contribution in [3.63, 3.8) is 0 Å². The third-order valence-electron chi connectivity index (χ3n) is 3.15. The Hall–Kier alpha value is -1.16. The molecule has 0 aliphatic heterocycles. The molecule has 0 aromatic carbocycles. The van der Waals surface area contributed by atoms with Gasteiger partial charge in [0.25, 0.3) is 0 Å². The zero-order chi connectivity index (χ0) is 11.5. The van der Waals surface area contributed by atoms with Gasteiger partial charge in [-0.05, 0) is 39.3 Å². The molecule has 1 atom stereocenters. The molecule has 0 amide bonds. The summed E-state index contributed by atoms with van der Waals surface area (Å²) in [6.07, 6.45) is 6.37. The van der Waals surface area contributed by atoms with Crippen LogP contribution in [0, 0.1) is 6.92 Å². The van der Waals surface area contributed by atoms with Crippen molar-refractivity contribution in [2.24, 2.45) is 0 Å². The monoisotopic (exact) mass is 220 g/mol. The Morgan fingerprint density at radius 2 is 2.06 bits per heavy atom. The predicted molar refractivity (Wildman–Crippen MR) is 65.5 cm³/mol. The van der Waals surface area contributed by atoms with Crippen molar-refractivity contribution in [3.8, 4) is 0 Å². The standard InChI is InChI=1S/C12H20N4/c1-9-6-13-12(14-7-9)15-8-10(2)16(3)11-4-5-11/h6-7,10-11H,4-5,8H2,1-3H3,(H,13,14,15). The summed E-state index contributed by atoms with van der Waals surface area (Å²) >= 11 is 0. The molecule has 1 saturated carbocycles. The molecule has 16 heavy (non-hydrogen) atoms. The van der Waals surface area contributed by atoms with Crippen LogP contribution in [0.1, 0.15) is 25.3 Å². The van der Waals surface area contributed by atoms with E-state index >= 15 is 0 Å². The second-order valence-corrected chi connectivity index (χ2v) is 4.71. The van der Waals surface area contributed by atoms with E-state index in [1.54, 1.807) is 0 Å². The van der Waals surface area contributed by atoms with Crippen LogP contribution in [-0.2, 0) is 0 Å². The molecule has 0 saturated heterocycles. The molecule has 88 valence electrons. The summed E-state index contributed by atoms with van der Waals surface area (Å²) in [7, 11) is 2.19. The highest BCUT2D eigenvalue weighted by Gasteiger charge is 2.28. The molecule has 2 rings (SSSR count). The van der Waals surface area contributed by atoms with Crippen LogP contribution >= 0.6 is 0 Å². The van der Waals surface area contributed by atoms with Gasteiger partial charge in [-0.3, -0.25) is 4.90 Å². The van der Waals surface area contributed by atoms with Crippen LogP contribution in [-0.4, -0.2) is 40.5 Å². The minimum Gasteiger partial charge on any atom is -0.353 e. The minimum absolute atomic E-state index is 0.525. The molecule has 1 aliphatic carbocycles. The van der Waals surface area contributed by atoms with E-state index in [0.29, 0.717) is 6.04 Å². The van der Waals surface area contributed by atoms with Gasteiger partial charge in [-0.25, -0.2) is 9.97 Å². The summed E-state index contributed by atoms with van der Waals surface area (Å²) in [4.78, 5) is 10.9. The lowest BCUT2D eigenvalue weighted by atomic mass is 10.3. The fourth-order valence-electron chi connectivity index (χ4n) is 1.71. The highest BCUT2D eigenvalue weighted by atomic mass is 15.2. The van der Waals surface area contributed by atoms with Crippen LogP contribution in [0.4, 0.5) is 5.95 Å². The van der Waals surface area contributed by atoms with Crippen molar-refractivity contribution in [2.45, 2.75) is 38.8 Å². The minimum atomic E-state index is 0.525. The van der Waals surface area contributed by atoms with Crippen LogP contribution in [0.2, 0.25) is 0 Å². The third kappa shape index (κ3) is 2.92. The Kier molecular flexibility index (Phi) is 3.39. The van der Waals surface area contributed by atoms with Gasteiger partial charge in [-0.1, -0.05) is 0 Å². The third-order valence-corrected chi connectivity index (χ3v) is 3.15. The van der Waals surface area contributed by atoms with Crippen LogP contribution in [0.5, 0.6) is 0 Å². The molecule has 1 aromatic rings. The normalized spacial score (nSPS) is 17.5. The lowest BCUT2D eigenvalue weighted by Gasteiger charge is -2.24. The summed E-state index contributed by atoms with van der Waals surface area (Å²) < 4.78 is 0. The number of aryl methyl sites for hydroxylation is 1. The maximum Gasteiger partial charge on any atom is 0.222 e. The molecule has 0 spiro atoms. The van der Waals surface area contributed by atoms with Crippen molar-refractivity contribution in [1.29, 1.82) is 0 Å². The number of nitrogens with zero attached hydrogens (tertiary/aromatic N) is 3. The van der Waals surface area contributed by atoms with E-state index in [-0.39, 0.29) is 0 Å². The van der Waals surface area contributed by atoms with E-state index in [1.165, 1.54) is 12.8 Å². The average molecular weight is 220 g/mol. The number of anilines is 1. The van der Waals surface area contributed by atoms with Crippen molar-refractivity contribution in [2.75, 3.05) is 18.9 Å². The van der Waals surface area contributed by atoms with Gasteiger partial charge in [0, 0.05) is 31.0 Å². The summed E-state index contributed by atoms with van der Waals surface area (Å²) in [5, 5.41) is 3.27. The Morgan fingerprint density at radius 3 is 2.62 bits per heavy atom. The van der Waals surface area contributed by atoms with E-state index in [0.717, 1.165) is 24.1 Å². The number of hydrogen-bond acceptors (Lipinski definition) is 4. The second kappa shape index (κ2) is 4.78. The fourth-order valence-corrected chi connectivity index (χ4v) is 1.71. The van der Waals surface area contributed by atoms with Crippen molar-refractivity contribution >= 4 is 5.95 Å². The van der Waals surface area contributed by atoms with Gasteiger partial charge >= 0.3 is 0 Å². The first kappa shape index (κ1) is 11.3. The van der Waals surface area contributed by atoms with Gasteiger partial charge in [-0.15, -0.1) is 0 Å². The fraction of sp³-hybridized carbons (Fsp3) is 0.667. The van der Waals surface area contributed by atoms with Crippen LogP contribution in [0.3, 0.4) is 0 Å². The molecule has 0 radical (unpaired) electrons. The lowest BCUT2D eigenvalue weighted by Crippen LogP contribution is -2.36.